The quantitative estimate of drug-likeness (QED) is 0.372. The Morgan fingerprint density at radius 1 is 1.33 bits per heavy atom. The van der Waals surface area contributed by atoms with Crippen LogP contribution in [0.25, 0.3) is 0 Å². The zero-order chi connectivity index (χ0) is 4.83. The molecule has 0 heterocycles. The molecule has 0 radical (unpaired) electrons. The van der Waals surface area contributed by atoms with E-state index in [9.17, 15) is 0 Å². The van der Waals surface area contributed by atoms with Gasteiger partial charge in [0.15, 0.2) is 0 Å². The Labute approximate surface area is 42.9 Å². The topological polar surface area (TPSA) is 26.0 Å². The van der Waals surface area contributed by atoms with Crippen molar-refractivity contribution in [3.05, 3.63) is 23.8 Å². The molecule has 0 aliphatic carbocycles. The summed E-state index contributed by atoms with van der Waals surface area (Å²) in [6.45, 7) is 0. The number of nitrogens with two attached hydrogens (primary N) is 1. The molecule has 2 N–H and O–H groups in total. The molecular weight excluding hydrogens is 94.1 g/mol. The number of hydrogen-bond acceptors (Lipinski definition) is 2. The molecule has 6 heavy (non-hydrogen) atoms. The Bertz CT molecular complexity index is 55.9. The third-order valence-corrected chi connectivity index (χ3v) is 0.480. The lowest BCUT2D eigenvalue weighted by molar-refractivity contribution is 1.61. The first-order chi connectivity index (χ1) is 2.91. The lowest BCUT2D eigenvalue weighted by Crippen LogP contribution is -1.71. The number of allylic oxidation sites excluding steroid dienone is 2. The summed E-state index contributed by atoms with van der Waals surface area (Å²) in [5.74, 6) is 0. The number of thiol groups is 1. The largest absolute Gasteiger partial charge is 0.405 e. The van der Waals surface area contributed by atoms with Gasteiger partial charge in [0.25, 0.3) is 0 Å². The highest BCUT2D eigenvalue weighted by molar-refractivity contribution is 7.83. The van der Waals surface area contributed by atoms with Gasteiger partial charge in [-0.25, -0.2) is 0 Å². The van der Waals surface area contributed by atoms with Gasteiger partial charge < -0.3 is 5.73 Å². The van der Waals surface area contributed by atoms with E-state index in [1.54, 1.807) is 17.6 Å². The highest BCUT2D eigenvalue weighted by Crippen LogP contribution is 1.75. The second-order valence-electron chi connectivity index (χ2n) is 0.726. The van der Waals surface area contributed by atoms with Crippen molar-refractivity contribution < 1.29 is 0 Å². The standard InChI is InChI=1S/C4H7NS/c5-3-1-2-4-6/h1-4,6H,5H2/b3-1-,4-2+. The average Bonchev–Trinajstić information content (AvgIpc) is 1.61. The Morgan fingerprint density at radius 3 is 2.17 bits per heavy atom. The molecule has 0 spiro atoms. The van der Waals surface area contributed by atoms with E-state index in [4.69, 9.17) is 5.73 Å². The van der Waals surface area contributed by atoms with Crippen molar-refractivity contribution >= 4 is 12.6 Å². The molecule has 0 aliphatic rings. The van der Waals surface area contributed by atoms with Gasteiger partial charge in [-0.05, 0) is 17.7 Å². The van der Waals surface area contributed by atoms with Crippen LogP contribution in [-0.4, -0.2) is 0 Å². The molecule has 0 atom stereocenters. The van der Waals surface area contributed by atoms with Crippen molar-refractivity contribution in [2.24, 2.45) is 5.73 Å². The average molecular weight is 101 g/mol. The summed E-state index contributed by atoms with van der Waals surface area (Å²) >= 11 is 3.77. The highest BCUT2D eigenvalue weighted by Gasteiger charge is 1.49. The second kappa shape index (κ2) is 4.63. The molecule has 0 aromatic heterocycles. The fourth-order valence-corrected chi connectivity index (χ4v) is 0.213. The van der Waals surface area contributed by atoms with Crippen LogP contribution in [0.3, 0.4) is 0 Å². The molecule has 0 saturated carbocycles. The van der Waals surface area contributed by atoms with E-state index in [0.717, 1.165) is 0 Å². The molecule has 0 fully saturated rings. The molecule has 0 unspecified atom stereocenters. The second-order valence-corrected chi connectivity index (χ2v) is 1.02. The molecule has 0 aromatic carbocycles. The maximum atomic E-state index is 4.95. The van der Waals surface area contributed by atoms with Gasteiger partial charge in [0.05, 0.1) is 0 Å². The Morgan fingerprint density at radius 2 is 2.00 bits per heavy atom. The summed E-state index contributed by atoms with van der Waals surface area (Å²) in [4.78, 5) is 0. The van der Waals surface area contributed by atoms with Crippen LogP contribution in [0, 0.1) is 0 Å². The maximum absolute atomic E-state index is 4.95. The number of rotatable bonds is 1. The van der Waals surface area contributed by atoms with E-state index in [1.807, 2.05) is 0 Å². The molecule has 2 heteroatoms. The predicted octanol–water partition coefficient (Wildman–Crippen LogP) is 0.902. The minimum Gasteiger partial charge on any atom is -0.405 e. The Kier molecular flexibility index (Phi) is 4.34. The van der Waals surface area contributed by atoms with Gasteiger partial charge in [-0.15, -0.1) is 0 Å². The van der Waals surface area contributed by atoms with Gasteiger partial charge in [-0.3, -0.25) is 0 Å². The lowest BCUT2D eigenvalue weighted by atomic mass is 10.6. The van der Waals surface area contributed by atoms with Crippen LogP contribution in [0.15, 0.2) is 23.8 Å². The van der Waals surface area contributed by atoms with Crippen molar-refractivity contribution in [3.8, 4) is 0 Å². The Hall–Kier alpha value is -0.370. The van der Waals surface area contributed by atoms with Crippen molar-refractivity contribution in [1.29, 1.82) is 0 Å². The van der Waals surface area contributed by atoms with Crippen LogP contribution in [0.2, 0.25) is 0 Å². The molecule has 34 valence electrons. The van der Waals surface area contributed by atoms with E-state index in [1.165, 1.54) is 6.20 Å². The van der Waals surface area contributed by atoms with Crippen LogP contribution in [-0.2, 0) is 0 Å². The molecule has 1 nitrogen and oxygen atoms in total. The highest BCUT2D eigenvalue weighted by atomic mass is 32.1. The third kappa shape index (κ3) is 3.63. The van der Waals surface area contributed by atoms with Crippen LogP contribution < -0.4 is 5.73 Å². The van der Waals surface area contributed by atoms with E-state index < -0.39 is 0 Å². The van der Waals surface area contributed by atoms with Crippen molar-refractivity contribution in [2.75, 3.05) is 0 Å². The molecule has 0 aromatic rings. The molecular formula is C4H7NS. The van der Waals surface area contributed by atoms with Crippen LogP contribution >= 0.6 is 12.6 Å². The minimum atomic E-state index is 1.45. The molecule has 0 aliphatic heterocycles. The summed E-state index contributed by atoms with van der Waals surface area (Å²) < 4.78 is 0. The normalized spacial score (nSPS) is 11.5. The van der Waals surface area contributed by atoms with Crippen molar-refractivity contribution in [1.82, 2.24) is 0 Å². The lowest BCUT2D eigenvalue weighted by Gasteiger charge is -1.63. The minimum absolute atomic E-state index is 1.45. The Balaban J connectivity index is 3.07. The first kappa shape index (κ1) is 5.63. The SMILES string of the molecule is N/C=C\C=C\S. The van der Waals surface area contributed by atoms with E-state index >= 15 is 0 Å². The predicted molar refractivity (Wildman–Crippen MR) is 31.5 cm³/mol. The smallest absolute Gasteiger partial charge is 0.00622 e. The van der Waals surface area contributed by atoms with Gasteiger partial charge in [-0.2, -0.15) is 12.6 Å². The van der Waals surface area contributed by atoms with Gasteiger partial charge >= 0.3 is 0 Å². The van der Waals surface area contributed by atoms with Gasteiger partial charge in [0.1, 0.15) is 0 Å². The molecule has 0 bridgehead atoms. The van der Waals surface area contributed by atoms with E-state index in [2.05, 4.69) is 12.6 Å². The van der Waals surface area contributed by atoms with Gasteiger partial charge in [0, 0.05) is 0 Å². The fraction of sp³-hybridized carbons (Fsp3) is 0. The van der Waals surface area contributed by atoms with Gasteiger partial charge in [-0.1, -0.05) is 6.08 Å². The summed E-state index contributed by atoms with van der Waals surface area (Å²) in [5.41, 5.74) is 4.95. The van der Waals surface area contributed by atoms with Crippen LogP contribution in [0.4, 0.5) is 0 Å². The molecule has 0 amide bonds. The third-order valence-electron chi connectivity index (χ3n) is 0.308. The van der Waals surface area contributed by atoms with Crippen LogP contribution in [0.5, 0.6) is 0 Å². The summed E-state index contributed by atoms with van der Waals surface area (Å²) in [5, 5.41) is 1.61. The van der Waals surface area contributed by atoms with E-state index in [0.29, 0.717) is 0 Å². The maximum Gasteiger partial charge on any atom is -0.00622 e. The molecule has 0 saturated heterocycles. The van der Waals surface area contributed by atoms with Crippen molar-refractivity contribution in [3.63, 3.8) is 0 Å². The monoisotopic (exact) mass is 101 g/mol. The summed E-state index contributed by atoms with van der Waals surface area (Å²) in [6.07, 6.45) is 4.89. The summed E-state index contributed by atoms with van der Waals surface area (Å²) in [6, 6.07) is 0. The first-order valence-corrected chi connectivity index (χ1v) is 2.11. The zero-order valence-corrected chi connectivity index (χ0v) is 4.23. The van der Waals surface area contributed by atoms with Crippen molar-refractivity contribution in [2.45, 2.75) is 0 Å². The number of hydrogen-bond donors (Lipinski definition) is 2. The van der Waals surface area contributed by atoms with Crippen LogP contribution in [0.1, 0.15) is 0 Å². The fourth-order valence-electron chi connectivity index (χ4n) is 0.114. The van der Waals surface area contributed by atoms with Gasteiger partial charge in [0.2, 0.25) is 0 Å². The zero-order valence-electron chi connectivity index (χ0n) is 3.33. The molecule has 0 rings (SSSR count). The summed E-state index contributed by atoms with van der Waals surface area (Å²) in [7, 11) is 0. The first-order valence-electron chi connectivity index (χ1n) is 1.59. The van der Waals surface area contributed by atoms with E-state index in [-0.39, 0.29) is 0 Å².